The first-order chi connectivity index (χ1) is 17.6. The Balaban J connectivity index is 1.75. The smallest absolute Gasteiger partial charge is 0.310 e. The molecule has 0 heterocycles. The maximum Gasteiger partial charge on any atom is 0.310 e. The molecular weight excluding hydrogens is 484 g/mol. The number of ether oxygens (including phenoxy) is 2. The Labute approximate surface area is 220 Å². The van der Waals surface area contributed by atoms with Crippen molar-refractivity contribution in [3.8, 4) is 5.75 Å². The van der Waals surface area contributed by atoms with E-state index in [0.29, 0.717) is 19.4 Å². The molecule has 3 aliphatic rings. The second kappa shape index (κ2) is 11.1. The standard InChI is InChI=1S/C29H38N2O5Si/c1-6-14-35-29(34)27-25-22-17-20(32)12-13-21(22)23(26(27)28(33)36-15-16-37(3,4)5)18-24(25)30-31(2)19-10-8-7-9-11-19/h7-13,17,23,25-27,32H,6,14-16,18H2,1-5H3/b30-24+/t23?,25-,26?,27-/m1/s1. The lowest BCUT2D eigenvalue weighted by Gasteiger charge is -2.48. The minimum atomic E-state index is -1.39. The van der Waals surface area contributed by atoms with Crippen LogP contribution in [-0.4, -0.2) is 51.1 Å². The quantitative estimate of drug-likeness (QED) is 0.264. The molecule has 0 spiro atoms. The number of hydrogen-bond acceptors (Lipinski definition) is 7. The van der Waals surface area contributed by atoms with Crippen LogP contribution in [0.5, 0.6) is 5.75 Å². The van der Waals surface area contributed by atoms with Gasteiger partial charge >= 0.3 is 11.9 Å². The van der Waals surface area contributed by atoms with Crippen LogP contribution in [0.15, 0.2) is 53.6 Å². The van der Waals surface area contributed by atoms with Gasteiger partial charge in [0.05, 0.1) is 30.7 Å². The maximum atomic E-state index is 13.6. The molecule has 1 saturated carbocycles. The van der Waals surface area contributed by atoms with Gasteiger partial charge in [0.15, 0.2) is 0 Å². The number of hydrogen-bond donors (Lipinski definition) is 1. The average Bonchev–Trinajstić information content (AvgIpc) is 2.86. The van der Waals surface area contributed by atoms with Gasteiger partial charge in [-0.3, -0.25) is 14.6 Å². The minimum absolute atomic E-state index is 0.122. The number of phenolic OH excluding ortho intramolecular Hbond substituents is 1. The Bertz CT molecular complexity index is 1160. The molecule has 5 rings (SSSR count). The molecule has 198 valence electrons. The molecule has 2 bridgehead atoms. The molecule has 2 aromatic rings. The summed E-state index contributed by atoms with van der Waals surface area (Å²) in [6.07, 6.45) is 1.22. The third-order valence-corrected chi connectivity index (χ3v) is 8.97. The Kier molecular flexibility index (Phi) is 8.07. The van der Waals surface area contributed by atoms with Crippen molar-refractivity contribution in [1.82, 2.24) is 0 Å². The minimum Gasteiger partial charge on any atom is -0.508 e. The first-order valence-electron chi connectivity index (χ1n) is 13.1. The highest BCUT2D eigenvalue weighted by Crippen LogP contribution is 2.56. The average molecular weight is 523 g/mol. The molecule has 0 saturated heterocycles. The van der Waals surface area contributed by atoms with Gasteiger partial charge in [0.25, 0.3) is 0 Å². The highest BCUT2D eigenvalue weighted by molar-refractivity contribution is 6.76. The first kappa shape index (κ1) is 26.9. The van der Waals surface area contributed by atoms with Gasteiger partial charge in [0.2, 0.25) is 0 Å². The van der Waals surface area contributed by atoms with Crippen molar-refractivity contribution in [2.24, 2.45) is 16.9 Å². The van der Waals surface area contributed by atoms with E-state index in [1.807, 2.05) is 50.4 Å². The molecule has 0 amide bonds. The largest absolute Gasteiger partial charge is 0.508 e. The van der Waals surface area contributed by atoms with Gasteiger partial charge in [-0.1, -0.05) is 50.8 Å². The number of anilines is 1. The van der Waals surface area contributed by atoms with Gasteiger partial charge in [-0.15, -0.1) is 0 Å². The Morgan fingerprint density at radius 1 is 1.00 bits per heavy atom. The van der Waals surface area contributed by atoms with Crippen LogP contribution in [0.3, 0.4) is 0 Å². The highest BCUT2D eigenvalue weighted by Gasteiger charge is 2.57. The van der Waals surface area contributed by atoms with Gasteiger partial charge in [-0.05, 0) is 54.3 Å². The second-order valence-electron chi connectivity index (χ2n) is 11.2. The molecule has 2 unspecified atom stereocenters. The van der Waals surface area contributed by atoms with Crippen molar-refractivity contribution in [2.45, 2.75) is 57.3 Å². The summed E-state index contributed by atoms with van der Waals surface area (Å²) in [7, 11) is 0.482. The molecule has 2 aromatic carbocycles. The van der Waals surface area contributed by atoms with E-state index in [9.17, 15) is 14.7 Å². The molecular formula is C29H38N2O5Si. The van der Waals surface area contributed by atoms with Crippen LogP contribution < -0.4 is 5.01 Å². The monoisotopic (exact) mass is 522 g/mol. The number of benzene rings is 2. The third-order valence-electron chi connectivity index (χ3n) is 7.27. The van der Waals surface area contributed by atoms with Crippen LogP contribution in [0.1, 0.15) is 42.7 Å². The van der Waals surface area contributed by atoms with Crippen molar-refractivity contribution in [1.29, 1.82) is 0 Å². The summed E-state index contributed by atoms with van der Waals surface area (Å²) in [5, 5.41) is 17.1. The van der Waals surface area contributed by atoms with E-state index >= 15 is 0 Å². The number of phenols is 1. The normalized spacial score (nSPS) is 23.4. The van der Waals surface area contributed by atoms with E-state index in [4.69, 9.17) is 14.6 Å². The van der Waals surface area contributed by atoms with Crippen molar-refractivity contribution < 1.29 is 24.2 Å². The van der Waals surface area contributed by atoms with E-state index in [1.54, 1.807) is 17.1 Å². The van der Waals surface area contributed by atoms with E-state index in [0.717, 1.165) is 28.6 Å². The lowest BCUT2D eigenvalue weighted by atomic mass is 9.55. The fraction of sp³-hybridized carbons (Fsp3) is 0.483. The maximum absolute atomic E-state index is 13.6. The van der Waals surface area contributed by atoms with Crippen molar-refractivity contribution >= 4 is 31.4 Å². The predicted molar refractivity (Wildman–Crippen MR) is 148 cm³/mol. The first-order valence-corrected chi connectivity index (χ1v) is 16.8. The number of esters is 2. The predicted octanol–water partition coefficient (Wildman–Crippen LogP) is 5.54. The highest BCUT2D eigenvalue weighted by atomic mass is 28.3. The third kappa shape index (κ3) is 5.90. The van der Waals surface area contributed by atoms with Crippen LogP contribution in [-0.2, 0) is 19.1 Å². The molecule has 3 aliphatic carbocycles. The lowest BCUT2D eigenvalue weighted by molar-refractivity contribution is -0.163. The number of hydrazone groups is 1. The summed E-state index contributed by atoms with van der Waals surface area (Å²) < 4.78 is 11.4. The number of rotatable bonds is 9. The lowest BCUT2D eigenvalue weighted by Crippen LogP contribution is -2.51. The van der Waals surface area contributed by atoms with Crippen LogP contribution in [0.25, 0.3) is 0 Å². The summed E-state index contributed by atoms with van der Waals surface area (Å²) in [5.41, 5.74) is 3.52. The molecule has 7 nitrogen and oxygen atoms in total. The topological polar surface area (TPSA) is 88.4 Å². The summed E-state index contributed by atoms with van der Waals surface area (Å²) in [6, 6.07) is 15.9. The van der Waals surface area contributed by atoms with Gasteiger partial charge < -0.3 is 14.6 Å². The summed E-state index contributed by atoms with van der Waals surface area (Å²) >= 11 is 0. The molecule has 8 heteroatoms. The van der Waals surface area contributed by atoms with Crippen molar-refractivity contribution in [3.05, 3.63) is 59.7 Å². The van der Waals surface area contributed by atoms with Gasteiger partial charge in [-0.2, -0.15) is 5.10 Å². The molecule has 0 aliphatic heterocycles. The summed E-state index contributed by atoms with van der Waals surface area (Å²) in [4.78, 5) is 27.1. The van der Waals surface area contributed by atoms with Crippen LogP contribution in [0, 0.1) is 11.8 Å². The Morgan fingerprint density at radius 3 is 2.35 bits per heavy atom. The number of aromatic hydroxyl groups is 1. The fourth-order valence-corrected chi connectivity index (χ4v) is 6.15. The molecule has 0 aromatic heterocycles. The number of carbonyl (C=O) groups excluding carboxylic acids is 2. The van der Waals surface area contributed by atoms with Gasteiger partial charge in [0.1, 0.15) is 5.75 Å². The van der Waals surface area contributed by atoms with Crippen molar-refractivity contribution in [2.75, 3.05) is 25.3 Å². The Hall–Kier alpha value is -3.13. The Morgan fingerprint density at radius 2 is 1.68 bits per heavy atom. The van der Waals surface area contributed by atoms with Crippen molar-refractivity contribution in [3.63, 3.8) is 0 Å². The number of para-hydroxylation sites is 1. The second-order valence-corrected chi connectivity index (χ2v) is 16.9. The number of nitrogens with zero attached hydrogens (tertiary/aromatic N) is 2. The van der Waals surface area contributed by atoms with E-state index in [2.05, 4.69) is 19.6 Å². The van der Waals surface area contributed by atoms with Crippen LogP contribution in [0.4, 0.5) is 5.69 Å². The van der Waals surface area contributed by atoms with Crippen LogP contribution in [0.2, 0.25) is 25.7 Å². The molecule has 4 atom stereocenters. The number of carbonyl (C=O) groups is 2. The number of fused-ring (bicyclic) bond motifs is 2. The zero-order valence-corrected chi connectivity index (χ0v) is 23.4. The van der Waals surface area contributed by atoms with Crippen LogP contribution >= 0.6 is 0 Å². The molecule has 1 fully saturated rings. The molecule has 1 N–H and O–H groups in total. The zero-order valence-electron chi connectivity index (χ0n) is 22.4. The summed E-state index contributed by atoms with van der Waals surface area (Å²) in [6.45, 7) is 9.30. The van der Waals surface area contributed by atoms with E-state index in [-0.39, 0.29) is 24.2 Å². The van der Waals surface area contributed by atoms with E-state index < -0.39 is 31.8 Å². The summed E-state index contributed by atoms with van der Waals surface area (Å²) in [5.74, 6) is -2.83. The zero-order chi connectivity index (χ0) is 26.7. The molecule has 37 heavy (non-hydrogen) atoms. The van der Waals surface area contributed by atoms with Gasteiger partial charge in [0, 0.05) is 32.7 Å². The van der Waals surface area contributed by atoms with Gasteiger partial charge in [-0.25, -0.2) is 0 Å². The fourth-order valence-electron chi connectivity index (χ4n) is 5.43. The SMILES string of the molecule is CCCOC(=O)[C@H]1C(C(=O)OCC[Si](C)(C)C)C2C/C(=N\N(C)c3ccccc3)[C@H]1c1cc(O)ccc12. The molecule has 0 radical (unpaired) electrons. The van der Waals surface area contributed by atoms with E-state index in [1.165, 1.54) is 0 Å².